The van der Waals surface area contributed by atoms with Crippen LogP contribution < -0.4 is 10.6 Å². The first kappa shape index (κ1) is 17.3. The number of nitrogens with one attached hydrogen (secondary N) is 2. The minimum absolute atomic E-state index is 0.0326. The molecule has 2 aliphatic rings. The Morgan fingerprint density at radius 3 is 2.69 bits per heavy atom. The molecule has 7 nitrogen and oxygen atoms in total. The van der Waals surface area contributed by atoms with Gasteiger partial charge < -0.3 is 19.6 Å². The second-order valence-electron chi connectivity index (χ2n) is 7.45. The molecule has 140 valence electrons. The van der Waals surface area contributed by atoms with E-state index in [0.717, 1.165) is 51.1 Å². The van der Waals surface area contributed by atoms with Gasteiger partial charge in [-0.3, -0.25) is 9.69 Å². The Labute approximate surface area is 153 Å². The number of amides is 1. The first-order valence-corrected chi connectivity index (χ1v) is 9.47. The zero-order valence-electron chi connectivity index (χ0n) is 15.2. The molecule has 1 aliphatic carbocycles. The first-order valence-electron chi connectivity index (χ1n) is 9.47. The summed E-state index contributed by atoms with van der Waals surface area (Å²) in [5.41, 5.74) is 0.613. The van der Waals surface area contributed by atoms with E-state index in [2.05, 4.69) is 20.5 Å². The molecular weight excluding hydrogens is 330 g/mol. The average Bonchev–Trinajstić information content (AvgIpc) is 3.29. The van der Waals surface area contributed by atoms with Gasteiger partial charge in [-0.1, -0.05) is 0 Å². The van der Waals surface area contributed by atoms with Crippen LogP contribution in [-0.2, 0) is 13.6 Å². The summed E-state index contributed by atoms with van der Waals surface area (Å²) in [6.45, 7) is 3.06. The summed E-state index contributed by atoms with van der Waals surface area (Å²) in [6.07, 6.45) is 9.45. The van der Waals surface area contributed by atoms with E-state index in [1.54, 1.807) is 23.4 Å². The van der Waals surface area contributed by atoms with Crippen molar-refractivity contribution >= 4 is 5.91 Å². The molecule has 2 atom stereocenters. The van der Waals surface area contributed by atoms with E-state index in [-0.39, 0.29) is 11.9 Å². The number of furan rings is 1. The Balaban J connectivity index is 1.21. The number of nitrogens with zero attached hydrogens (tertiary/aromatic N) is 3. The lowest BCUT2D eigenvalue weighted by atomic mass is 9.85. The molecule has 2 aromatic heterocycles. The number of likely N-dealkylation sites (tertiary alicyclic amines) is 1. The van der Waals surface area contributed by atoms with E-state index in [0.29, 0.717) is 17.8 Å². The molecule has 3 heterocycles. The van der Waals surface area contributed by atoms with Gasteiger partial charge in [-0.2, -0.15) is 0 Å². The SMILES string of the molecule is Cn1cncc1C(=O)N[C@H]1CC[C@H]1NC1CCN(Cc2ccco2)CC1. The van der Waals surface area contributed by atoms with Crippen LogP contribution in [0, 0.1) is 0 Å². The Morgan fingerprint density at radius 2 is 2.08 bits per heavy atom. The van der Waals surface area contributed by atoms with Gasteiger partial charge in [0.15, 0.2) is 0 Å². The van der Waals surface area contributed by atoms with Crippen LogP contribution >= 0.6 is 0 Å². The zero-order chi connectivity index (χ0) is 17.9. The van der Waals surface area contributed by atoms with Crippen LogP contribution in [0.4, 0.5) is 0 Å². The third-order valence-electron chi connectivity index (χ3n) is 5.64. The minimum Gasteiger partial charge on any atom is -0.468 e. The summed E-state index contributed by atoms with van der Waals surface area (Å²) in [5.74, 6) is 1.00. The molecule has 1 amide bonds. The molecule has 0 radical (unpaired) electrons. The van der Waals surface area contributed by atoms with Crippen LogP contribution in [0.25, 0.3) is 0 Å². The van der Waals surface area contributed by atoms with Crippen LogP contribution in [0.3, 0.4) is 0 Å². The van der Waals surface area contributed by atoms with E-state index in [4.69, 9.17) is 4.42 Å². The molecule has 0 aromatic carbocycles. The minimum atomic E-state index is -0.0326. The van der Waals surface area contributed by atoms with E-state index in [1.165, 1.54) is 0 Å². The van der Waals surface area contributed by atoms with Crippen LogP contribution in [-0.4, -0.2) is 51.6 Å². The summed E-state index contributed by atoms with van der Waals surface area (Å²) >= 11 is 0. The largest absolute Gasteiger partial charge is 0.468 e. The highest BCUT2D eigenvalue weighted by Crippen LogP contribution is 2.23. The Kier molecular flexibility index (Phi) is 5.08. The second kappa shape index (κ2) is 7.63. The van der Waals surface area contributed by atoms with Crippen molar-refractivity contribution < 1.29 is 9.21 Å². The number of hydrogen-bond acceptors (Lipinski definition) is 5. The van der Waals surface area contributed by atoms with Gasteiger partial charge in [0.25, 0.3) is 5.91 Å². The van der Waals surface area contributed by atoms with Crippen molar-refractivity contribution in [2.24, 2.45) is 7.05 Å². The topological polar surface area (TPSA) is 75.3 Å². The van der Waals surface area contributed by atoms with E-state index < -0.39 is 0 Å². The molecule has 2 N–H and O–H groups in total. The van der Waals surface area contributed by atoms with Crippen molar-refractivity contribution in [3.05, 3.63) is 42.4 Å². The Hall–Kier alpha value is -2.12. The summed E-state index contributed by atoms with van der Waals surface area (Å²) in [6, 6.07) is 5.12. The van der Waals surface area contributed by atoms with Crippen molar-refractivity contribution in [3.8, 4) is 0 Å². The van der Waals surface area contributed by atoms with Gasteiger partial charge in [0, 0.05) is 38.3 Å². The van der Waals surface area contributed by atoms with Crippen molar-refractivity contribution in [3.63, 3.8) is 0 Å². The third kappa shape index (κ3) is 3.83. The maximum absolute atomic E-state index is 12.3. The average molecular weight is 357 g/mol. The second-order valence-corrected chi connectivity index (χ2v) is 7.45. The number of imidazole rings is 1. The zero-order valence-corrected chi connectivity index (χ0v) is 15.2. The van der Waals surface area contributed by atoms with Gasteiger partial charge >= 0.3 is 0 Å². The third-order valence-corrected chi connectivity index (χ3v) is 5.64. The molecule has 1 aliphatic heterocycles. The van der Waals surface area contributed by atoms with Crippen molar-refractivity contribution in [2.75, 3.05) is 13.1 Å². The molecule has 1 saturated heterocycles. The maximum atomic E-state index is 12.3. The van der Waals surface area contributed by atoms with Crippen LogP contribution in [0.5, 0.6) is 0 Å². The molecule has 2 aromatic rings. The Morgan fingerprint density at radius 1 is 1.27 bits per heavy atom. The molecule has 7 heteroatoms. The number of carbonyl (C=O) groups excluding carboxylic acids is 1. The normalized spacial score (nSPS) is 24.3. The summed E-state index contributed by atoms with van der Waals surface area (Å²) < 4.78 is 7.20. The monoisotopic (exact) mass is 357 g/mol. The van der Waals surface area contributed by atoms with Gasteiger partial charge in [0.05, 0.1) is 25.3 Å². The van der Waals surface area contributed by atoms with Gasteiger partial charge in [0.1, 0.15) is 11.5 Å². The van der Waals surface area contributed by atoms with Gasteiger partial charge in [-0.05, 0) is 37.8 Å². The Bertz CT molecular complexity index is 718. The lowest BCUT2D eigenvalue weighted by Gasteiger charge is -2.42. The molecule has 2 fully saturated rings. The van der Waals surface area contributed by atoms with Gasteiger partial charge in [-0.15, -0.1) is 0 Å². The number of aryl methyl sites for hydroxylation is 1. The number of piperidine rings is 1. The van der Waals surface area contributed by atoms with Crippen molar-refractivity contribution in [1.29, 1.82) is 0 Å². The molecule has 0 spiro atoms. The highest BCUT2D eigenvalue weighted by molar-refractivity contribution is 5.92. The van der Waals surface area contributed by atoms with Crippen LogP contribution in [0.2, 0.25) is 0 Å². The summed E-state index contributed by atoms with van der Waals surface area (Å²) in [4.78, 5) is 18.8. The molecule has 26 heavy (non-hydrogen) atoms. The lowest BCUT2D eigenvalue weighted by molar-refractivity contribution is 0.0869. The fraction of sp³-hybridized carbons (Fsp3) is 0.579. The van der Waals surface area contributed by atoms with E-state index in [1.807, 2.05) is 19.2 Å². The molecular formula is C19H27N5O2. The van der Waals surface area contributed by atoms with E-state index in [9.17, 15) is 4.79 Å². The quantitative estimate of drug-likeness (QED) is 0.820. The van der Waals surface area contributed by atoms with Crippen LogP contribution in [0.1, 0.15) is 41.9 Å². The molecule has 4 rings (SSSR count). The van der Waals surface area contributed by atoms with Gasteiger partial charge in [-0.25, -0.2) is 4.98 Å². The summed E-state index contributed by atoms with van der Waals surface area (Å²) in [5, 5.41) is 6.92. The lowest BCUT2D eigenvalue weighted by Crippen LogP contribution is -2.60. The predicted octanol–water partition coefficient (Wildman–Crippen LogP) is 1.53. The van der Waals surface area contributed by atoms with Crippen molar-refractivity contribution in [2.45, 2.75) is 50.4 Å². The number of aromatic nitrogens is 2. The fourth-order valence-corrected chi connectivity index (χ4v) is 3.87. The standard InChI is InChI=1S/C19H27N5O2/c1-23-13-20-11-18(23)19(25)22-17-5-4-16(17)21-14-6-8-24(9-7-14)12-15-3-2-10-26-15/h2-3,10-11,13-14,16-17,21H,4-9,12H2,1H3,(H,22,25)/t16-,17+/m1/s1. The predicted molar refractivity (Wildman–Crippen MR) is 97.6 cm³/mol. The highest BCUT2D eigenvalue weighted by Gasteiger charge is 2.34. The summed E-state index contributed by atoms with van der Waals surface area (Å²) in [7, 11) is 1.84. The number of carbonyl (C=O) groups is 1. The smallest absolute Gasteiger partial charge is 0.269 e. The number of hydrogen-bond donors (Lipinski definition) is 2. The van der Waals surface area contributed by atoms with E-state index >= 15 is 0 Å². The molecule has 0 bridgehead atoms. The van der Waals surface area contributed by atoms with Crippen molar-refractivity contribution in [1.82, 2.24) is 25.1 Å². The maximum Gasteiger partial charge on any atom is 0.269 e. The fourth-order valence-electron chi connectivity index (χ4n) is 3.87. The van der Waals surface area contributed by atoms with Crippen LogP contribution in [0.15, 0.2) is 35.3 Å². The number of rotatable bonds is 6. The molecule has 1 saturated carbocycles. The first-order chi connectivity index (χ1) is 12.7. The van der Waals surface area contributed by atoms with Gasteiger partial charge in [0.2, 0.25) is 0 Å². The highest BCUT2D eigenvalue weighted by atomic mass is 16.3. The molecule has 0 unspecified atom stereocenters.